The molecule has 6 rings (SSSR count). The Labute approximate surface area is 320 Å². The highest BCUT2D eigenvalue weighted by Crippen LogP contribution is 2.37. The summed E-state index contributed by atoms with van der Waals surface area (Å²) in [4.78, 5) is 2.21. The summed E-state index contributed by atoms with van der Waals surface area (Å²) in [5, 5.41) is 19.9. The van der Waals surface area contributed by atoms with E-state index in [1.807, 2.05) is 60.7 Å². The number of aromatic hydroxyl groups is 2. The number of hydrogen-bond acceptors (Lipinski definition) is 5. The van der Waals surface area contributed by atoms with Crippen LogP contribution in [0.5, 0.6) is 23.0 Å². The Balaban J connectivity index is 1.05. The molecular formula is C49H49NO4. The summed E-state index contributed by atoms with van der Waals surface area (Å²) in [5.41, 5.74) is 11.5. The van der Waals surface area contributed by atoms with E-state index in [1.54, 1.807) is 24.3 Å². The molecule has 5 nitrogen and oxygen atoms in total. The molecule has 0 radical (unpaired) electrons. The molecule has 0 bridgehead atoms. The van der Waals surface area contributed by atoms with Gasteiger partial charge in [-0.25, -0.2) is 0 Å². The van der Waals surface area contributed by atoms with Crippen LogP contribution in [0.4, 0.5) is 0 Å². The number of allylic oxidation sites excluding steroid dienone is 2. The van der Waals surface area contributed by atoms with E-state index >= 15 is 0 Å². The summed E-state index contributed by atoms with van der Waals surface area (Å²) in [7, 11) is 2.08. The molecular weight excluding hydrogens is 667 g/mol. The SMILES string of the molecule is CC/C(=C(/c1ccc(O)cc1)c1ccc(OCCN(C)CCOc2ccc(/C(=C(\CC)c3ccccc3)c3ccc(O)cc3)cc2)cc1)c1ccccc1. The minimum Gasteiger partial charge on any atom is -0.508 e. The first-order valence-corrected chi connectivity index (χ1v) is 18.7. The van der Waals surface area contributed by atoms with Gasteiger partial charge in [0.1, 0.15) is 36.2 Å². The molecule has 0 aliphatic rings. The van der Waals surface area contributed by atoms with Crippen LogP contribution in [-0.4, -0.2) is 48.5 Å². The molecule has 6 aromatic rings. The topological polar surface area (TPSA) is 62.2 Å². The van der Waals surface area contributed by atoms with Crippen molar-refractivity contribution in [2.45, 2.75) is 26.7 Å². The lowest BCUT2D eigenvalue weighted by Crippen LogP contribution is -2.28. The van der Waals surface area contributed by atoms with Gasteiger partial charge in [0.05, 0.1) is 0 Å². The molecule has 0 atom stereocenters. The summed E-state index contributed by atoms with van der Waals surface area (Å²) in [6.07, 6.45) is 1.74. The molecule has 54 heavy (non-hydrogen) atoms. The van der Waals surface area contributed by atoms with E-state index in [0.29, 0.717) is 13.2 Å². The standard InChI is InChI=1S/C49H49NO4/c1-4-46(36-12-8-6-9-13-36)48(38-16-24-42(51)25-17-38)40-20-28-44(29-21-40)53-34-32-50(3)33-35-54-45-30-22-41(23-31-45)49(39-18-26-43(52)27-19-39)47(5-2)37-14-10-7-11-15-37/h6-31,51-52H,4-5,32-35H2,1-3H3/b48-46+,49-47+. The Morgan fingerprint density at radius 3 is 1.06 bits per heavy atom. The predicted molar refractivity (Wildman–Crippen MR) is 223 cm³/mol. The molecule has 0 fully saturated rings. The number of hydrogen-bond donors (Lipinski definition) is 2. The van der Waals surface area contributed by atoms with Gasteiger partial charge in [0.2, 0.25) is 0 Å². The van der Waals surface area contributed by atoms with Gasteiger partial charge in [-0.3, -0.25) is 4.90 Å². The van der Waals surface area contributed by atoms with Gasteiger partial charge in [0, 0.05) is 13.1 Å². The van der Waals surface area contributed by atoms with Crippen LogP contribution in [0.15, 0.2) is 158 Å². The highest BCUT2D eigenvalue weighted by Gasteiger charge is 2.15. The number of likely N-dealkylation sites (N-methyl/N-ethyl adjacent to an activating group) is 1. The molecule has 6 aromatic carbocycles. The van der Waals surface area contributed by atoms with Crippen molar-refractivity contribution in [2.75, 3.05) is 33.4 Å². The van der Waals surface area contributed by atoms with Crippen LogP contribution in [0.25, 0.3) is 22.3 Å². The second-order valence-electron chi connectivity index (χ2n) is 13.3. The van der Waals surface area contributed by atoms with Crippen LogP contribution >= 0.6 is 0 Å². The highest BCUT2D eigenvalue weighted by molar-refractivity contribution is 5.99. The summed E-state index contributed by atoms with van der Waals surface area (Å²) >= 11 is 0. The fraction of sp³-hybridized carbons (Fsp3) is 0.184. The van der Waals surface area contributed by atoms with Crippen LogP contribution in [0, 0.1) is 0 Å². The third kappa shape index (κ3) is 9.68. The van der Waals surface area contributed by atoms with Crippen LogP contribution in [0.1, 0.15) is 60.1 Å². The fourth-order valence-corrected chi connectivity index (χ4v) is 6.80. The van der Waals surface area contributed by atoms with Crippen molar-refractivity contribution < 1.29 is 19.7 Å². The second kappa shape index (κ2) is 18.6. The van der Waals surface area contributed by atoms with Crippen LogP contribution < -0.4 is 9.47 Å². The summed E-state index contributed by atoms with van der Waals surface area (Å²) < 4.78 is 12.3. The predicted octanol–water partition coefficient (Wildman–Crippen LogP) is 11.2. The lowest BCUT2D eigenvalue weighted by molar-refractivity contribution is 0.202. The number of nitrogens with zero attached hydrogens (tertiary/aromatic N) is 1. The molecule has 0 saturated heterocycles. The fourth-order valence-electron chi connectivity index (χ4n) is 6.80. The average molecular weight is 716 g/mol. The molecule has 5 heteroatoms. The summed E-state index contributed by atoms with van der Waals surface area (Å²) in [5.74, 6) is 2.16. The Hall–Kier alpha value is -6.04. The van der Waals surface area contributed by atoms with E-state index in [-0.39, 0.29) is 11.5 Å². The minimum atomic E-state index is 0.254. The first-order valence-electron chi connectivity index (χ1n) is 18.7. The third-order valence-electron chi connectivity index (χ3n) is 9.64. The summed E-state index contributed by atoms with van der Waals surface area (Å²) in [6, 6.07) is 52.4. The van der Waals surface area contributed by atoms with Gasteiger partial charge in [0.15, 0.2) is 0 Å². The van der Waals surface area contributed by atoms with Gasteiger partial charge in [-0.05, 0) is 124 Å². The second-order valence-corrected chi connectivity index (χ2v) is 13.3. The maximum Gasteiger partial charge on any atom is 0.119 e. The van der Waals surface area contributed by atoms with Gasteiger partial charge < -0.3 is 19.7 Å². The van der Waals surface area contributed by atoms with Gasteiger partial charge in [-0.15, -0.1) is 0 Å². The monoisotopic (exact) mass is 715 g/mol. The van der Waals surface area contributed by atoms with Crippen LogP contribution in [0.2, 0.25) is 0 Å². The average Bonchev–Trinajstić information content (AvgIpc) is 3.21. The maximum atomic E-state index is 9.95. The lowest BCUT2D eigenvalue weighted by Gasteiger charge is -2.19. The van der Waals surface area contributed by atoms with E-state index in [0.717, 1.165) is 70.8 Å². The molecule has 0 aromatic heterocycles. The molecule has 0 unspecified atom stereocenters. The molecule has 0 spiro atoms. The van der Waals surface area contributed by atoms with Crippen LogP contribution in [-0.2, 0) is 0 Å². The first-order chi connectivity index (χ1) is 26.4. The zero-order chi connectivity index (χ0) is 37.7. The zero-order valence-electron chi connectivity index (χ0n) is 31.4. The van der Waals surface area contributed by atoms with Gasteiger partial charge >= 0.3 is 0 Å². The Bertz CT molecular complexity index is 1960. The number of rotatable bonds is 16. The molecule has 2 N–H and O–H groups in total. The van der Waals surface area contributed by atoms with E-state index in [4.69, 9.17) is 9.47 Å². The summed E-state index contributed by atoms with van der Waals surface area (Å²) in [6.45, 7) is 7.00. The minimum absolute atomic E-state index is 0.254. The molecule has 0 amide bonds. The number of phenols is 2. The quantitative estimate of drug-likeness (QED) is 0.0977. The largest absolute Gasteiger partial charge is 0.508 e. The van der Waals surface area contributed by atoms with E-state index in [9.17, 15) is 10.2 Å². The normalized spacial score (nSPS) is 12.2. The highest BCUT2D eigenvalue weighted by atomic mass is 16.5. The molecule has 274 valence electrons. The smallest absolute Gasteiger partial charge is 0.119 e. The van der Waals surface area contributed by atoms with Crippen molar-refractivity contribution in [3.05, 3.63) is 191 Å². The molecule has 0 saturated carbocycles. The van der Waals surface area contributed by atoms with Gasteiger partial charge in [-0.2, -0.15) is 0 Å². The molecule has 0 heterocycles. The van der Waals surface area contributed by atoms with Gasteiger partial charge in [0.25, 0.3) is 0 Å². The first kappa shape index (κ1) is 37.7. The van der Waals surface area contributed by atoms with Crippen molar-refractivity contribution in [3.63, 3.8) is 0 Å². The lowest BCUT2D eigenvalue weighted by atomic mass is 9.88. The van der Waals surface area contributed by atoms with Crippen LogP contribution in [0.3, 0.4) is 0 Å². The van der Waals surface area contributed by atoms with Crippen molar-refractivity contribution in [1.82, 2.24) is 4.90 Å². The van der Waals surface area contributed by atoms with Gasteiger partial charge in [-0.1, -0.05) is 123 Å². The number of benzene rings is 6. The van der Waals surface area contributed by atoms with Crippen molar-refractivity contribution in [1.29, 1.82) is 0 Å². The van der Waals surface area contributed by atoms with E-state index in [1.165, 1.54) is 22.3 Å². The third-order valence-corrected chi connectivity index (χ3v) is 9.64. The molecule has 0 aliphatic heterocycles. The zero-order valence-corrected chi connectivity index (χ0v) is 31.4. The Morgan fingerprint density at radius 1 is 0.426 bits per heavy atom. The Kier molecular flexibility index (Phi) is 13.0. The van der Waals surface area contributed by atoms with Crippen molar-refractivity contribution in [2.24, 2.45) is 0 Å². The van der Waals surface area contributed by atoms with E-state index in [2.05, 4.69) is 98.6 Å². The van der Waals surface area contributed by atoms with Crippen molar-refractivity contribution in [3.8, 4) is 23.0 Å². The van der Waals surface area contributed by atoms with E-state index < -0.39 is 0 Å². The molecule has 0 aliphatic carbocycles. The maximum absolute atomic E-state index is 9.95. The number of phenolic OH excluding ortho intramolecular Hbond substituents is 2. The van der Waals surface area contributed by atoms with Crippen molar-refractivity contribution >= 4 is 22.3 Å². The number of ether oxygens (including phenoxy) is 2. The Morgan fingerprint density at radius 2 is 0.741 bits per heavy atom.